The van der Waals surface area contributed by atoms with Gasteiger partial charge in [-0.05, 0) is 34.1 Å². The summed E-state index contributed by atoms with van der Waals surface area (Å²) in [6, 6.07) is 0. The van der Waals surface area contributed by atoms with Crippen LogP contribution in [-0.2, 0) is 16.7 Å². The average molecular weight is 383 g/mol. The van der Waals surface area contributed by atoms with Crippen LogP contribution in [-0.4, -0.2) is 47.4 Å². The summed E-state index contributed by atoms with van der Waals surface area (Å²) < 4.78 is 10.5. The van der Waals surface area contributed by atoms with Crippen molar-refractivity contribution in [3.8, 4) is 0 Å². The maximum absolute atomic E-state index is 11.6. The fraction of sp³-hybridized carbons (Fsp3) is 0.778. The molecule has 0 atom stereocenters. The molecule has 0 fully saturated rings. The molecule has 0 aliphatic heterocycles. The van der Waals surface area contributed by atoms with Gasteiger partial charge in [-0.15, -0.1) is 0 Å². The van der Waals surface area contributed by atoms with E-state index < -0.39 is 11.7 Å². The first-order chi connectivity index (χ1) is 12.5. The van der Waals surface area contributed by atoms with Crippen molar-refractivity contribution in [1.29, 1.82) is 0 Å². The number of aliphatic imine (C=N–C) groups is 1. The molecule has 1 rings (SSSR count). The van der Waals surface area contributed by atoms with E-state index in [1.165, 1.54) is 0 Å². The molecule has 0 bridgehead atoms. The Morgan fingerprint density at radius 2 is 1.78 bits per heavy atom. The van der Waals surface area contributed by atoms with Crippen LogP contribution in [0.4, 0.5) is 4.79 Å². The number of hydrogen-bond donors (Lipinski definition) is 3. The van der Waals surface area contributed by atoms with Gasteiger partial charge in [-0.3, -0.25) is 0 Å². The van der Waals surface area contributed by atoms with Crippen LogP contribution in [0.15, 0.2) is 9.52 Å². The van der Waals surface area contributed by atoms with E-state index in [0.717, 1.165) is 13.0 Å². The predicted octanol–water partition coefficient (Wildman–Crippen LogP) is 2.34. The van der Waals surface area contributed by atoms with Gasteiger partial charge in [-0.1, -0.05) is 25.9 Å². The first-order valence-corrected chi connectivity index (χ1v) is 9.33. The number of amides is 1. The van der Waals surface area contributed by atoms with Gasteiger partial charge in [0.2, 0.25) is 5.89 Å². The van der Waals surface area contributed by atoms with Crippen LogP contribution in [0.25, 0.3) is 0 Å². The lowest BCUT2D eigenvalue weighted by Crippen LogP contribution is -2.39. The molecular weight excluding hydrogens is 348 g/mol. The van der Waals surface area contributed by atoms with Gasteiger partial charge in [0, 0.05) is 25.0 Å². The van der Waals surface area contributed by atoms with Gasteiger partial charge in [0.15, 0.2) is 11.8 Å². The summed E-state index contributed by atoms with van der Waals surface area (Å²) >= 11 is 0. The van der Waals surface area contributed by atoms with Crippen molar-refractivity contribution in [1.82, 2.24) is 26.1 Å². The Bertz CT molecular complexity index is 613. The molecule has 1 amide bonds. The zero-order valence-electron chi connectivity index (χ0n) is 17.6. The second-order valence-electron chi connectivity index (χ2n) is 8.17. The van der Waals surface area contributed by atoms with Crippen molar-refractivity contribution in [3.05, 3.63) is 11.7 Å². The number of carbonyl (C=O) groups excluding carboxylic acids is 1. The van der Waals surface area contributed by atoms with Crippen LogP contribution in [0.5, 0.6) is 0 Å². The fourth-order valence-electron chi connectivity index (χ4n) is 1.91. The summed E-state index contributed by atoms with van der Waals surface area (Å²) in [6.07, 6.45) is 0.329. The van der Waals surface area contributed by atoms with Crippen molar-refractivity contribution in [2.24, 2.45) is 4.99 Å². The summed E-state index contributed by atoms with van der Waals surface area (Å²) in [5, 5.41) is 13.1. The van der Waals surface area contributed by atoms with Crippen LogP contribution < -0.4 is 16.0 Å². The number of hydrogen-bond acceptors (Lipinski definition) is 6. The van der Waals surface area contributed by atoms with E-state index in [9.17, 15) is 4.79 Å². The molecule has 3 N–H and O–H groups in total. The maximum Gasteiger partial charge on any atom is 0.407 e. The molecule has 0 spiro atoms. The topological polar surface area (TPSA) is 114 Å². The molecule has 9 heteroatoms. The van der Waals surface area contributed by atoms with Gasteiger partial charge in [0.1, 0.15) is 12.1 Å². The van der Waals surface area contributed by atoms with E-state index in [-0.39, 0.29) is 5.41 Å². The average Bonchev–Trinajstić information content (AvgIpc) is 2.99. The third kappa shape index (κ3) is 9.81. The number of carbonyl (C=O) groups is 1. The maximum atomic E-state index is 11.6. The van der Waals surface area contributed by atoms with Crippen molar-refractivity contribution < 1.29 is 14.1 Å². The highest BCUT2D eigenvalue weighted by Crippen LogP contribution is 2.19. The SMILES string of the molecule is CCNC(=NCc1noc(C(C)(C)C)n1)NCCCNC(=O)OC(C)(C)C. The zero-order chi connectivity index (χ0) is 20.5. The lowest BCUT2D eigenvalue weighted by atomic mass is 9.97. The number of nitrogens with zero attached hydrogens (tertiary/aromatic N) is 3. The summed E-state index contributed by atoms with van der Waals surface area (Å²) in [4.78, 5) is 20.4. The number of aromatic nitrogens is 2. The van der Waals surface area contributed by atoms with Crippen LogP contribution in [0.3, 0.4) is 0 Å². The Morgan fingerprint density at radius 1 is 1.11 bits per heavy atom. The summed E-state index contributed by atoms with van der Waals surface area (Å²) in [6.45, 7) is 15.8. The first kappa shape index (κ1) is 22.7. The van der Waals surface area contributed by atoms with Gasteiger partial charge >= 0.3 is 6.09 Å². The molecule has 0 aliphatic rings. The van der Waals surface area contributed by atoms with Crippen LogP contribution in [0.1, 0.15) is 66.6 Å². The largest absolute Gasteiger partial charge is 0.444 e. The lowest BCUT2D eigenvalue weighted by molar-refractivity contribution is 0.0527. The van der Waals surface area contributed by atoms with E-state index in [1.807, 2.05) is 48.5 Å². The quantitative estimate of drug-likeness (QED) is 0.377. The highest BCUT2D eigenvalue weighted by Gasteiger charge is 2.21. The molecule has 1 aromatic heterocycles. The smallest absolute Gasteiger partial charge is 0.407 e. The minimum atomic E-state index is -0.491. The highest BCUT2D eigenvalue weighted by molar-refractivity contribution is 5.79. The minimum absolute atomic E-state index is 0.182. The molecule has 0 aliphatic carbocycles. The number of rotatable bonds is 7. The van der Waals surface area contributed by atoms with E-state index in [2.05, 4.69) is 31.1 Å². The lowest BCUT2D eigenvalue weighted by Gasteiger charge is -2.19. The predicted molar refractivity (Wildman–Crippen MR) is 105 cm³/mol. The van der Waals surface area contributed by atoms with Crippen molar-refractivity contribution >= 4 is 12.1 Å². The molecular formula is C18H34N6O3. The van der Waals surface area contributed by atoms with Crippen LogP contribution in [0, 0.1) is 0 Å². The molecule has 1 heterocycles. The third-order valence-corrected chi connectivity index (χ3v) is 3.15. The number of alkyl carbamates (subject to hydrolysis) is 1. The summed E-state index contributed by atoms with van der Waals surface area (Å²) in [5.74, 6) is 1.81. The second-order valence-corrected chi connectivity index (χ2v) is 8.17. The van der Waals surface area contributed by atoms with E-state index in [1.54, 1.807) is 0 Å². The second kappa shape index (κ2) is 10.1. The Hall–Kier alpha value is -2.32. The van der Waals surface area contributed by atoms with Crippen molar-refractivity contribution in [3.63, 3.8) is 0 Å². The standard InChI is InChI=1S/C18H34N6O3/c1-8-19-15(20-10-9-11-21-16(25)26-18(5,6)7)22-12-13-23-14(27-24-13)17(2,3)4/h8-12H2,1-7H3,(H,21,25)(H2,19,20,22). The number of ether oxygens (including phenoxy) is 1. The summed E-state index contributed by atoms with van der Waals surface area (Å²) in [5.41, 5.74) is -0.673. The molecule has 27 heavy (non-hydrogen) atoms. The molecule has 0 saturated carbocycles. The molecule has 1 aromatic rings. The van der Waals surface area contributed by atoms with E-state index in [4.69, 9.17) is 9.26 Å². The first-order valence-electron chi connectivity index (χ1n) is 9.33. The van der Waals surface area contributed by atoms with E-state index >= 15 is 0 Å². The summed E-state index contributed by atoms with van der Waals surface area (Å²) in [7, 11) is 0. The number of nitrogens with one attached hydrogen (secondary N) is 3. The number of guanidine groups is 1. The van der Waals surface area contributed by atoms with Gasteiger partial charge < -0.3 is 25.2 Å². The van der Waals surface area contributed by atoms with Gasteiger partial charge in [0.25, 0.3) is 0 Å². The molecule has 154 valence electrons. The molecule has 0 aromatic carbocycles. The molecule has 0 radical (unpaired) electrons. The Morgan fingerprint density at radius 3 is 2.33 bits per heavy atom. The van der Waals surface area contributed by atoms with Gasteiger partial charge in [-0.2, -0.15) is 4.98 Å². The highest BCUT2D eigenvalue weighted by atomic mass is 16.6. The molecule has 0 unspecified atom stereocenters. The minimum Gasteiger partial charge on any atom is -0.444 e. The zero-order valence-corrected chi connectivity index (χ0v) is 17.6. The van der Waals surface area contributed by atoms with Crippen molar-refractivity contribution in [2.75, 3.05) is 19.6 Å². The monoisotopic (exact) mass is 382 g/mol. The fourth-order valence-corrected chi connectivity index (χ4v) is 1.91. The van der Waals surface area contributed by atoms with Gasteiger partial charge in [0.05, 0.1) is 0 Å². The normalized spacial score (nSPS) is 12.6. The van der Waals surface area contributed by atoms with E-state index in [0.29, 0.717) is 37.3 Å². The Kier molecular flexibility index (Phi) is 8.52. The molecule has 0 saturated heterocycles. The molecule has 9 nitrogen and oxygen atoms in total. The third-order valence-electron chi connectivity index (χ3n) is 3.15. The van der Waals surface area contributed by atoms with Crippen molar-refractivity contribution in [2.45, 2.75) is 72.4 Å². The van der Waals surface area contributed by atoms with Crippen LogP contribution in [0.2, 0.25) is 0 Å². The van der Waals surface area contributed by atoms with Gasteiger partial charge in [-0.25, -0.2) is 9.79 Å². The Balaban J connectivity index is 2.39. The Labute approximate surface area is 161 Å². The van der Waals surface area contributed by atoms with Crippen LogP contribution >= 0.6 is 0 Å².